The minimum atomic E-state index is -0.301. The molecule has 40 heavy (non-hydrogen) atoms. The van der Waals surface area contributed by atoms with Gasteiger partial charge in [0.05, 0.1) is 13.7 Å². The molecule has 5 rings (SSSR count). The molecule has 1 aromatic heterocycles. The lowest BCUT2D eigenvalue weighted by molar-refractivity contribution is -0.141. The van der Waals surface area contributed by atoms with Crippen LogP contribution >= 0.6 is 0 Å². The number of carbonyl (C=O) groups is 2. The summed E-state index contributed by atoms with van der Waals surface area (Å²) in [7, 11) is 1.62. The van der Waals surface area contributed by atoms with E-state index in [4.69, 9.17) is 9.26 Å². The second-order valence-corrected chi connectivity index (χ2v) is 11.0. The number of ether oxygens (including phenoxy) is 1. The number of rotatable bonds is 10. The summed E-state index contributed by atoms with van der Waals surface area (Å²) in [6, 6.07) is 19.9. The molecule has 2 aliphatic rings. The van der Waals surface area contributed by atoms with Crippen LogP contribution in [-0.4, -0.2) is 53.0 Å². The van der Waals surface area contributed by atoms with Crippen LogP contribution in [0.15, 0.2) is 65.2 Å². The fourth-order valence-corrected chi connectivity index (χ4v) is 5.88. The van der Waals surface area contributed by atoms with E-state index in [0.29, 0.717) is 18.8 Å². The second kappa shape index (κ2) is 13.6. The van der Waals surface area contributed by atoms with E-state index in [1.54, 1.807) is 13.2 Å². The largest absolute Gasteiger partial charge is 0.497 e. The average molecular weight is 545 g/mol. The molecule has 2 fully saturated rings. The van der Waals surface area contributed by atoms with Crippen molar-refractivity contribution in [2.75, 3.05) is 20.2 Å². The first-order valence-electron chi connectivity index (χ1n) is 14.5. The van der Waals surface area contributed by atoms with Gasteiger partial charge in [-0.1, -0.05) is 66.9 Å². The minimum Gasteiger partial charge on any atom is -0.497 e. The van der Waals surface area contributed by atoms with Crippen molar-refractivity contribution >= 4 is 11.8 Å². The standard InChI is InChI=1S/C32H40N4O4/c1-39-28-14-12-24(13-15-28)21-33-31(37)30-20-29(40-34-30)23-36(32(38)26-10-6-3-7-11-26)27-16-18-35(19-17-27)22-25-8-4-2-5-9-25/h2,4-5,8-9,12-15,20,26-27H,3,6-7,10-11,16-19,21-23H2,1H3,(H,33,37). The molecule has 1 saturated carbocycles. The Morgan fingerprint density at radius 3 is 2.40 bits per heavy atom. The van der Waals surface area contributed by atoms with Crippen molar-refractivity contribution in [3.05, 3.63) is 83.2 Å². The lowest BCUT2D eigenvalue weighted by Gasteiger charge is -2.40. The molecule has 0 unspecified atom stereocenters. The average Bonchev–Trinajstić information content (AvgIpc) is 3.49. The number of nitrogens with one attached hydrogen (secondary N) is 1. The Hall–Kier alpha value is -3.65. The molecule has 1 aliphatic heterocycles. The van der Waals surface area contributed by atoms with Crippen LogP contribution in [0.25, 0.3) is 0 Å². The molecule has 1 N–H and O–H groups in total. The summed E-state index contributed by atoms with van der Waals surface area (Å²) in [4.78, 5) is 31.0. The number of piperidine rings is 1. The van der Waals surface area contributed by atoms with Gasteiger partial charge in [-0.2, -0.15) is 0 Å². The number of hydrogen-bond acceptors (Lipinski definition) is 6. The SMILES string of the molecule is COc1ccc(CNC(=O)c2cc(CN(C(=O)C3CCCCC3)C3CCN(Cc4ccccc4)CC3)on2)cc1. The summed E-state index contributed by atoms with van der Waals surface area (Å²) in [5.74, 6) is 1.32. The first kappa shape index (κ1) is 27.9. The first-order chi connectivity index (χ1) is 19.6. The van der Waals surface area contributed by atoms with Crippen LogP contribution in [0.2, 0.25) is 0 Å². The molecule has 1 saturated heterocycles. The normalized spacial score (nSPS) is 16.9. The van der Waals surface area contributed by atoms with Gasteiger partial charge in [0, 0.05) is 44.2 Å². The summed E-state index contributed by atoms with van der Waals surface area (Å²) < 4.78 is 10.8. The van der Waals surface area contributed by atoms with Gasteiger partial charge in [-0.15, -0.1) is 0 Å². The summed E-state index contributed by atoms with van der Waals surface area (Å²) in [5.41, 5.74) is 2.50. The number of amides is 2. The van der Waals surface area contributed by atoms with Gasteiger partial charge in [0.1, 0.15) is 5.75 Å². The van der Waals surface area contributed by atoms with E-state index in [1.807, 2.05) is 35.2 Å². The zero-order valence-electron chi connectivity index (χ0n) is 23.4. The minimum absolute atomic E-state index is 0.0753. The third-order valence-electron chi connectivity index (χ3n) is 8.21. The number of likely N-dealkylation sites (tertiary alicyclic amines) is 1. The smallest absolute Gasteiger partial charge is 0.273 e. The Kier molecular flexibility index (Phi) is 9.50. The lowest BCUT2D eigenvalue weighted by atomic mass is 9.87. The molecule has 2 amide bonds. The van der Waals surface area contributed by atoms with Crippen LogP contribution in [0.3, 0.4) is 0 Å². The number of nitrogens with zero attached hydrogens (tertiary/aromatic N) is 3. The predicted molar refractivity (Wildman–Crippen MR) is 153 cm³/mol. The fraction of sp³-hybridized carbons (Fsp3) is 0.469. The van der Waals surface area contributed by atoms with Crippen molar-refractivity contribution in [1.82, 2.24) is 20.3 Å². The van der Waals surface area contributed by atoms with Crippen molar-refractivity contribution in [2.45, 2.75) is 70.6 Å². The number of aromatic nitrogens is 1. The molecule has 2 heterocycles. The summed E-state index contributed by atoms with van der Waals surface area (Å²) in [6.45, 7) is 3.55. The van der Waals surface area contributed by atoms with Crippen LogP contribution in [-0.2, 0) is 24.4 Å². The van der Waals surface area contributed by atoms with Crippen LogP contribution < -0.4 is 10.1 Å². The Balaban J connectivity index is 1.21. The van der Waals surface area contributed by atoms with Crippen LogP contribution in [0.4, 0.5) is 0 Å². The van der Waals surface area contributed by atoms with E-state index in [0.717, 1.165) is 69.5 Å². The molecule has 0 atom stereocenters. The van der Waals surface area contributed by atoms with E-state index >= 15 is 0 Å². The molecular formula is C32H40N4O4. The van der Waals surface area contributed by atoms with Crippen molar-refractivity contribution in [1.29, 1.82) is 0 Å². The highest BCUT2D eigenvalue weighted by atomic mass is 16.5. The molecule has 0 spiro atoms. The molecule has 0 radical (unpaired) electrons. The number of methoxy groups -OCH3 is 1. The summed E-state index contributed by atoms with van der Waals surface area (Å²) in [5, 5.41) is 6.93. The van der Waals surface area contributed by atoms with E-state index in [1.165, 1.54) is 12.0 Å². The molecule has 8 nitrogen and oxygen atoms in total. The van der Waals surface area contributed by atoms with E-state index < -0.39 is 0 Å². The molecule has 2 aromatic carbocycles. The van der Waals surface area contributed by atoms with E-state index in [-0.39, 0.29) is 29.5 Å². The molecule has 0 bridgehead atoms. The molecular weight excluding hydrogens is 504 g/mol. The first-order valence-corrected chi connectivity index (χ1v) is 14.5. The molecule has 212 valence electrons. The maximum atomic E-state index is 13.8. The van der Waals surface area contributed by atoms with Crippen molar-refractivity contribution < 1.29 is 18.8 Å². The molecule has 3 aromatic rings. The van der Waals surface area contributed by atoms with Gasteiger partial charge >= 0.3 is 0 Å². The quantitative estimate of drug-likeness (QED) is 0.378. The third kappa shape index (κ3) is 7.30. The highest BCUT2D eigenvalue weighted by Gasteiger charge is 2.33. The van der Waals surface area contributed by atoms with Gasteiger partial charge in [-0.05, 0) is 48.9 Å². The van der Waals surface area contributed by atoms with Gasteiger partial charge in [0.2, 0.25) is 5.91 Å². The predicted octanol–water partition coefficient (Wildman–Crippen LogP) is 5.19. The number of hydrogen-bond donors (Lipinski definition) is 1. The second-order valence-electron chi connectivity index (χ2n) is 11.0. The Bertz CT molecular complexity index is 1230. The van der Waals surface area contributed by atoms with Gasteiger partial charge in [-0.3, -0.25) is 14.5 Å². The monoisotopic (exact) mass is 544 g/mol. The van der Waals surface area contributed by atoms with Crippen molar-refractivity contribution in [2.24, 2.45) is 5.92 Å². The number of carbonyl (C=O) groups excluding carboxylic acids is 2. The lowest BCUT2D eigenvalue weighted by Crippen LogP contribution is -2.48. The fourth-order valence-electron chi connectivity index (χ4n) is 5.88. The maximum Gasteiger partial charge on any atom is 0.273 e. The maximum absolute atomic E-state index is 13.8. The van der Waals surface area contributed by atoms with Crippen LogP contribution in [0.5, 0.6) is 5.75 Å². The highest BCUT2D eigenvalue weighted by Crippen LogP contribution is 2.29. The van der Waals surface area contributed by atoms with E-state index in [9.17, 15) is 9.59 Å². The van der Waals surface area contributed by atoms with Crippen LogP contribution in [0.1, 0.15) is 72.3 Å². The van der Waals surface area contributed by atoms with Gasteiger partial charge < -0.3 is 19.5 Å². The zero-order chi connectivity index (χ0) is 27.7. The Labute approximate surface area is 236 Å². The van der Waals surface area contributed by atoms with Crippen molar-refractivity contribution in [3.8, 4) is 5.75 Å². The highest BCUT2D eigenvalue weighted by molar-refractivity contribution is 5.92. The zero-order valence-corrected chi connectivity index (χ0v) is 23.4. The Morgan fingerprint density at radius 1 is 0.975 bits per heavy atom. The van der Waals surface area contributed by atoms with E-state index in [2.05, 4.69) is 39.6 Å². The van der Waals surface area contributed by atoms with Gasteiger partial charge in [0.25, 0.3) is 5.91 Å². The van der Waals surface area contributed by atoms with Crippen LogP contribution in [0, 0.1) is 5.92 Å². The molecule has 8 heteroatoms. The summed E-state index contributed by atoms with van der Waals surface area (Å²) >= 11 is 0. The van der Waals surface area contributed by atoms with Gasteiger partial charge in [-0.25, -0.2) is 0 Å². The van der Waals surface area contributed by atoms with Gasteiger partial charge in [0.15, 0.2) is 11.5 Å². The Morgan fingerprint density at radius 2 is 1.70 bits per heavy atom. The van der Waals surface area contributed by atoms with Crippen molar-refractivity contribution in [3.63, 3.8) is 0 Å². The molecule has 1 aliphatic carbocycles. The number of benzene rings is 2. The summed E-state index contributed by atoms with van der Waals surface area (Å²) in [6.07, 6.45) is 7.19. The third-order valence-corrected chi connectivity index (χ3v) is 8.21. The topological polar surface area (TPSA) is 87.9 Å².